The fourth-order valence-electron chi connectivity index (χ4n) is 0.444. The summed E-state index contributed by atoms with van der Waals surface area (Å²) >= 11 is 0. The second-order valence-electron chi connectivity index (χ2n) is 3.13. The molecule has 0 aliphatic heterocycles. The third-order valence-corrected chi connectivity index (χ3v) is 0.941. The highest BCUT2D eigenvalue weighted by Gasteiger charge is 1.82. The van der Waals surface area contributed by atoms with Crippen LogP contribution in [0.3, 0.4) is 0 Å². The summed E-state index contributed by atoms with van der Waals surface area (Å²) in [5.74, 6) is 1.15. The van der Waals surface area contributed by atoms with Crippen molar-refractivity contribution >= 4 is 6.21 Å². The third-order valence-electron chi connectivity index (χ3n) is 0.941. The summed E-state index contributed by atoms with van der Waals surface area (Å²) in [5.41, 5.74) is 0. The van der Waals surface area contributed by atoms with Gasteiger partial charge in [-0.2, -0.15) is 0 Å². The lowest BCUT2D eigenvalue weighted by molar-refractivity contribution is 0.828. The van der Waals surface area contributed by atoms with Gasteiger partial charge >= 0.3 is 0 Å². The van der Waals surface area contributed by atoms with Crippen molar-refractivity contribution in [2.24, 2.45) is 16.8 Å². The molecule has 0 heterocycles. The summed E-state index contributed by atoms with van der Waals surface area (Å²) < 4.78 is 0. The summed E-state index contributed by atoms with van der Waals surface area (Å²) in [4.78, 5) is 4.11. The first-order chi connectivity index (χ1) is 4.63. The van der Waals surface area contributed by atoms with Crippen molar-refractivity contribution < 1.29 is 0 Å². The van der Waals surface area contributed by atoms with Crippen LogP contribution in [0.5, 0.6) is 0 Å². The van der Waals surface area contributed by atoms with Gasteiger partial charge in [0.15, 0.2) is 0 Å². The van der Waals surface area contributed by atoms with E-state index in [-0.39, 0.29) is 0 Å². The number of aliphatic imine (C=N–C) groups is 1. The average molecular weight is 139 g/mol. The molecule has 0 aromatic carbocycles. The Morgan fingerprint density at radius 3 is 2.00 bits per heavy atom. The first kappa shape index (κ1) is 9.41. The minimum atomic E-state index is 0.553. The van der Waals surface area contributed by atoms with Gasteiger partial charge in [0.2, 0.25) is 0 Å². The van der Waals surface area contributed by atoms with Crippen molar-refractivity contribution in [3.63, 3.8) is 0 Å². The second-order valence-corrected chi connectivity index (χ2v) is 3.13. The van der Waals surface area contributed by atoms with Crippen LogP contribution in [-0.4, -0.2) is 6.21 Å². The fraction of sp³-hybridized carbons (Fsp3) is 0.667. The van der Waals surface area contributed by atoms with E-state index in [1.807, 2.05) is 12.4 Å². The van der Waals surface area contributed by atoms with Crippen molar-refractivity contribution in [1.29, 1.82) is 0 Å². The van der Waals surface area contributed by atoms with Crippen molar-refractivity contribution in [1.82, 2.24) is 0 Å². The SMILES string of the molecule is CC(C)C=N/C=C/C(C)C. The zero-order valence-electron chi connectivity index (χ0n) is 7.33. The molecule has 0 radical (unpaired) electrons. The van der Waals surface area contributed by atoms with Crippen molar-refractivity contribution in [3.8, 4) is 0 Å². The molecule has 0 bridgehead atoms. The largest absolute Gasteiger partial charge is 0.269 e. The number of nitrogens with zero attached hydrogens (tertiary/aromatic N) is 1. The van der Waals surface area contributed by atoms with Crippen molar-refractivity contribution in [3.05, 3.63) is 12.3 Å². The highest BCUT2D eigenvalue weighted by atomic mass is 14.7. The van der Waals surface area contributed by atoms with Gasteiger partial charge in [-0.15, -0.1) is 0 Å². The van der Waals surface area contributed by atoms with Crippen LogP contribution in [0.1, 0.15) is 27.7 Å². The van der Waals surface area contributed by atoms with E-state index in [9.17, 15) is 0 Å². The van der Waals surface area contributed by atoms with Crippen molar-refractivity contribution in [2.45, 2.75) is 27.7 Å². The van der Waals surface area contributed by atoms with Crippen LogP contribution in [0, 0.1) is 11.8 Å². The molecule has 0 aromatic heterocycles. The van der Waals surface area contributed by atoms with E-state index in [0.717, 1.165) is 0 Å². The minimum Gasteiger partial charge on any atom is -0.269 e. The Morgan fingerprint density at radius 2 is 1.60 bits per heavy atom. The maximum Gasteiger partial charge on any atom is 0.0226 e. The third kappa shape index (κ3) is 7.41. The van der Waals surface area contributed by atoms with Gasteiger partial charge in [0.25, 0.3) is 0 Å². The van der Waals surface area contributed by atoms with E-state index in [0.29, 0.717) is 11.8 Å². The van der Waals surface area contributed by atoms with Crippen LogP contribution in [-0.2, 0) is 0 Å². The Kier molecular flexibility index (Phi) is 4.91. The Hall–Kier alpha value is -0.590. The van der Waals surface area contributed by atoms with Gasteiger partial charge in [-0.25, -0.2) is 0 Å². The lowest BCUT2D eigenvalue weighted by Crippen LogP contribution is -1.85. The Morgan fingerprint density at radius 1 is 1.00 bits per heavy atom. The van der Waals surface area contributed by atoms with E-state index in [1.165, 1.54) is 0 Å². The number of hydrogen-bond donors (Lipinski definition) is 0. The van der Waals surface area contributed by atoms with Crippen LogP contribution in [0.15, 0.2) is 17.3 Å². The molecule has 10 heavy (non-hydrogen) atoms. The molecule has 0 spiro atoms. The van der Waals surface area contributed by atoms with Crippen LogP contribution < -0.4 is 0 Å². The van der Waals surface area contributed by atoms with E-state index in [4.69, 9.17) is 0 Å². The first-order valence-electron chi connectivity index (χ1n) is 3.83. The molecular weight excluding hydrogens is 122 g/mol. The molecule has 0 unspecified atom stereocenters. The van der Waals surface area contributed by atoms with E-state index >= 15 is 0 Å². The molecule has 58 valence electrons. The van der Waals surface area contributed by atoms with Gasteiger partial charge in [0.1, 0.15) is 0 Å². The molecular formula is C9H17N. The topological polar surface area (TPSA) is 12.4 Å². The predicted octanol–water partition coefficient (Wildman–Crippen LogP) is 2.88. The second kappa shape index (κ2) is 5.21. The van der Waals surface area contributed by atoms with Gasteiger partial charge in [0.05, 0.1) is 0 Å². The van der Waals surface area contributed by atoms with E-state index in [1.54, 1.807) is 0 Å². The van der Waals surface area contributed by atoms with E-state index < -0.39 is 0 Å². The summed E-state index contributed by atoms with van der Waals surface area (Å²) in [6.07, 6.45) is 5.89. The normalized spacial score (nSPS) is 13.0. The zero-order valence-corrected chi connectivity index (χ0v) is 7.33. The molecule has 0 saturated carbocycles. The van der Waals surface area contributed by atoms with Crippen LogP contribution >= 0.6 is 0 Å². The highest BCUT2D eigenvalue weighted by molar-refractivity contribution is 5.60. The monoisotopic (exact) mass is 139 g/mol. The summed E-state index contributed by atoms with van der Waals surface area (Å²) in [7, 11) is 0. The predicted molar refractivity (Wildman–Crippen MR) is 47.3 cm³/mol. The zero-order chi connectivity index (χ0) is 7.98. The van der Waals surface area contributed by atoms with E-state index in [2.05, 4.69) is 38.8 Å². The molecule has 0 fully saturated rings. The maximum absolute atomic E-state index is 4.11. The molecule has 0 N–H and O–H groups in total. The van der Waals surface area contributed by atoms with Gasteiger partial charge in [-0.05, 0) is 11.8 Å². The lowest BCUT2D eigenvalue weighted by atomic mass is 10.2. The number of hydrogen-bond acceptors (Lipinski definition) is 1. The van der Waals surface area contributed by atoms with Crippen molar-refractivity contribution in [2.75, 3.05) is 0 Å². The number of rotatable bonds is 3. The van der Waals surface area contributed by atoms with Crippen LogP contribution in [0.2, 0.25) is 0 Å². The quantitative estimate of drug-likeness (QED) is 0.533. The summed E-state index contributed by atoms with van der Waals surface area (Å²) in [5, 5.41) is 0. The maximum atomic E-state index is 4.11. The Labute approximate surface area is 63.9 Å². The fourth-order valence-corrected chi connectivity index (χ4v) is 0.444. The standard InChI is InChI=1S/C9H17N/c1-8(2)5-6-10-7-9(3)4/h5-9H,1-4H3/b6-5+,10-7?. The molecule has 0 aliphatic carbocycles. The molecule has 0 saturated heterocycles. The van der Waals surface area contributed by atoms with Gasteiger partial charge < -0.3 is 0 Å². The van der Waals surface area contributed by atoms with Gasteiger partial charge in [-0.3, -0.25) is 4.99 Å². The lowest BCUT2D eigenvalue weighted by Gasteiger charge is -1.91. The minimum absolute atomic E-state index is 0.553. The summed E-state index contributed by atoms with van der Waals surface area (Å²) in [6, 6.07) is 0. The van der Waals surface area contributed by atoms with Crippen LogP contribution in [0.25, 0.3) is 0 Å². The molecule has 0 amide bonds. The van der Waals surface area contributed by atoms with Gasteiger partial charge in [0, 0.05) is 12.4 Å². The molecule has 0 rings (SSSR count). The number of allylic oxidation sites excluding steroid dienone is 1. The molecule has 1 nitrogen and oxygen atoms in total. The smallest absolute Gasteiger partial charge is 0.0226 e. The summed E-state index contributed by atoms with van der Waals surface area (Å²) in [6.45, 7) is 8.52. The first-order valence-corrected chi connectivity index (χ1v) is 3.83. The molecule has 0 aromatic rings. The van der Waals surface area contributed by atoms with Gasteiger partial charge in [-0.1, -0.05) is 33.8 Å². The molecule has 1 heteroatoms. The Bertz CT molecular complexity index is 105. The van der Waals surface area contributed by atoms with Crippen LogP contribution in [0.4, 0.5) is 0 Å². The Balaban J connectivity index is 3.52. The molecule has 0 aliphatic rings. The highest BCUT2D eigenvalue weighted by Crippen LogP contribution is 1.93. The molecule has 0 atom stereocenters. The average Bonchev–Trinajstić information content (AvgIpc) is 1.79.